The molecule has 0 atom stereocenters. The Balaban J connectivity index is 1.74. The molecule has 1 aliphatic heterocycles. The summed E-state index contributed by atoms with van der Waals surface area (Å²) < 4.78 is 7.28. The van der Waals surface area contributed by atoms with Crippen molar-refractivity contribution in [1.82, 2.24) is 5.32 Å². The van der Waals surface area contributed by atoms with E-state index in [0.717, 1.165) is 10.5 Å². The highest BCUT2D eigenvalue weighted by Gasteiger charge is 2.37. The van der Waals surface area contributed by atoms with Crippen molar-refractivity contribution in [2.45, 2.75) is 6.61 Å². The van der Waals surface area contributed by atoms with Crippen molar-refractivity contribution in [3.05, 3.63) is 96.4 Å². The van der Waals surface area contributed by atoms with Gasteiger partial charge in [-0.3, -0.25) is 14.9 Å². The lowest BCUT2D eigenvalue weighted by molar-refractivity contribution is -0.122. The number of nitrogens with one attached hydrogen (secondary N) is 1. The summed E-state index contributed by atoms with van der Waals surface area (Å²) in [7, 11) is 0. The van der Waals surface area contributed by atoms with Gasteiger partial charge in [-0.1, -0.05) is 69.5 Å². The molecule has 0 aromatic heterocycles. The number of imide groups is 2. The Morgan fingerprint density at radius 3 is 2.32 bits per heavy atom. The molecular weight excluding hydrogens is 611 g/mol. The molecule has 4 rings (SSSR count). The molecule has 1 aliphatic rings. The predicted molar refractivity (Wildman–Crippen MR) is 138 cm³/mol. The van der Waals surface area contributed by atoms with E-state index in [-0.39, 0.29) is 22.9 Å². The third kappa shape index (κ3) is 5.05. The second kappa shape index (κ2) is 10.3. The van der Waals surface area contributed by atoms with Gasteiger partial charge < -0.3 is 4.74 Å². The highest BCUT2D eigenvalue weighted by Crippen LogP contribution is 2.36. The number of carbonyl (C=O) groups excluding carboxylic acids is 3. The van der Waals surface area contributed by atoms with Crippen molar-refractivity contribution >= 4 is 84.7 Å². The van der Waals surface area contributed by atoms with Crippen LogP contribution in [0.2, 0.25) is 10.0 Å². The van der Waals surface area contributed by atoms with Crippen LogP contribution in [0.4, 0.5) is 10.5 Å². The second-order valence-corrected chi connectivity index (χ2v) is 9.68. The van der Waals surface area contributed by atoms with Crippen LogP contribution in [0, 0.1) is 0 Å². The number of carbonyl (C=O) groups is 3. The van der Waals surface area contributed by atoms with E-state index >= 15 is 0 Å². The van der Waals surface area contributed by atoms with E-state index in [1.54, 1.807) is 36.4 Å². The molecule has 0 unspecified atom stereocenters. The summed E-state index contributed by atoms with van der Waals surface area (Å²) in [6.45, 7) is 0.153. The molecule has 1 saturated heterocycles. The van der Waals surface area contributed by atoms with E-state index in [4.69, 9.17) is 27.9 Å². The number of ether oxygens (including phenoxy) is 1. The highest BCUT2D eigenvalue weighted by atomic mass is 79.9. The molecular formula is C24H14Br2Cl2N2O4. The maximum absolute atomic E-state index is 13.2. The Morgan fingerprint density at radius 1 is 0.941 bits per heavy atom. The van der Waals surface area contributed by atoms with Crippen LogP contribution in [0.15, 0.2) is 75.2 Å². The predicted octanol–water partition coefficient (Wildman–Crippen LogP) is 6.76. The number of para-hydroxylation sites is 1. The van der Waals surface area contributed by atoms with Crippen LogP contribution >= 0.6 is 55.1 Å². The van der Waals surface area contributed by atoms with Crippen LogP contribution in [-0.4, -0.2) is 17.8 Å². The molecule has 0 aliphatic carbocycles. The molecule has 172 valence electrons. The molecule has 0 bridgehead atoms. The van der Waals surface area contributed by atoms with Crippen molar-refractivity contribution in [3.63, 3.8) is 0 Å². The molecule has 0 saturated carbocycles. The lowest BCUT2D eigenvalue weighted by Crippen LogP contribution is -2.54. The summed E-state index contributed by atoms with van der Waals surface area (Å²) in [4.78, 5) is 39.2. The van der Waals surface area contributed by atoms with Gasteiger partial charge in [0.1, 0.15) is 17.9 Å². The fraction of sp³-hybridized carbons (Fsp3) is 0.0417. The molecule has 4 amide bonds. The molecule has 1 heterocycles. The monoisotopic (exact) mass is 622 g/mol. The zero-order valence-corrected chi connectivity index (χ0v) is 21.8. The van der Waals surface area contributed by atoms with E-state index in [1.165, 1.54) is 12.1 Å². The Hall–Kier alpha value is -2.65. The maximum Gasteiger partial charge on any atom is 0.335 e. The number of halogens is 4. The van der Waals surface area contributed by atoms with E-state index in [0.29, 0.717) is 25.3 Å². The SMILES string of the molecule is O=C1NC(=O)N(c2ccccc2Cl)C(=O)/C1=C/c1cc(Br)cc(Br)c1OCc1ccccc1Cl. The van der Waals surface area contributed by atoms with Gasteiger partial charge in [0.05, 0.1) is 15.2 Å². The number of nitrogens with zero attached hydrogens (tertiary/aromatic N) is 1. The highest BCUT2D eigenvalue weighted by molar-refractivity contribution is 9.11. The Labute approximate surface area is 221 Å². The standard InChI is InChI=1S/C24H14Br2Cl2N2O4/c25-15-9-14(21(17(26)11-15)34-12-13-5-1-2-6-18(13)27)10-16-22(31)29-24(33)30(23(16)32)20-8-4-3-7-19(20)28/h1-11H,12H2,(H,29,31,33)/b16-10+. The minimum atomic E-state index is -0.883. The lowest BCUT2D eigenvalue weighted by Gasteiger charge is -2.27. The smallest absolute Gasteiger partial charge is 0.335 e. The molecule has 34 heavy (non-hydrogen) atoms. The summed E-state index contributed by atoms with van der Waals surface area (Å²) in [5, 5.41) is 2.92. The van der Waals surface area contributed by atoms with Crippen LogP contribution in [0.1, 0.15) is 11.1 Å². The number of hydrogen-bond donors (Lipinski definition) is 1. The summed E-state index contributed by atoms with van der Waals surface area (Å²) in [6, 6.07) is 16.2. The maximum atomic E-state index is 13.2. The van der Waals surface area contributed by atoms with Gasteiger partial charge in [0.15, 0.2) is 0 Å². The fourth-order valence-corrected chi connectivity index (χ4v) is 5.05. The number of anilines is 1. The first-order valence-electron chi connectivity index (χ1n) is 9.77. The fourth-order valence-electron chi connectivity index (χ4n) is 3.27. The van der Waals surface area contributed by atoms with Crippen molar-refractivity contribution in [3.8, 4) is 5.75 Å². The van der Waals surface area contributed by atoms with Gasteiger partial charge in [-0.25, -0.2) is 9.69 Å². The molecule has 1 fully saturated rings. The molecule has 3 aromatic carbocycles. The van der Waals surface area contributed by atoms with Gasteiger partial charge in [-0.15, -0.1) is 0 Å². The summed E-state index contributed by atoms with van der Waals surface area (Å²) in [5.74, 6) is -1.25. The normalized spacial score (nSPS) is 15.0. The number of amides is 4. The van der Waals surface area contributed by atoms with Crippen LogP contribution < -0.4 is 15.0 Å². The average Bonchev–Trinajstić information content (AvgIpc) is 2.78. The van der Waals surface area contributed by atoms with Crippen molar-refractivity contribution < 1.29 is 19.1 Å². The van der Waals surface area contributed by atoms with E-state index in [2.05, 4.69) is 37.2 Å². The summed E-state index contributed by atoms with van der Waals surface area (Å²) >= 11 is 19.3. The summed E-state index contributed by atoms with van der Waals surface area (Å²) in [5.41, 5.74) is 1.10. The average molecular weight is 625 g/mol. The minimum Gasteiger partial charge on any atom is -0.487 e. The van der Waals surface area contributed by atoms with Gasteiger partial charge in [0.25, 0.3) is 11.8 Å². The number of urea groups is 1. The third-order valence-corrected chi connectivity index (χ3v) is 6.60. The van der Waals surface area contributed by atoms with E-state index in [1.807, 2.05) is 18.2 Å². The first-order chi connectivity index (χ1) is 16.3. The van der Waals surface area contributed by atoms with Gasteiger partial charge in [0, 0.05) is 20.6 Å². The lowest BCUT2D eigenvalue weighted by atomic mass is 10.1. The molecule has 0 radical (unpaired) electrons. The van der Waals surface area contributed by atoms with Gasteiger partial charge in [0.2, 0.25) is 0 Å². The number of rotatable bonds is 5. The van der Waals surface area contributed by atoms with Crippen LogP contribution in [0.25, 0.3) is 6.08 Å². The van der Waals surface area contributed by atoms with Crippen molar-refractivity contribution in [1.29, 1.82) is 0 Å². The van der Waals surface area contributed by atoms with Crippen LogP contribution in [-0.2, 0) is 16.2 Å². The van der Waals surface area contributed by atoms with Crippen molar-refractivity contribution in [2.75, 3.05) is 4.90 Å². The molecule has 1 N–H and O–H groups in total. The third-order valence-electron chi connectivity index (χ3n) is 4.86. The largest absolute Gasteiger partial charge is 0.487 e. The molecule has 10 heteroatoms. The first kappa shape index (κ1) is 24.5. The molecule has 0 spiro atoms. The summed E-state index contributed by atoms with van der Waals surface area (Å²) in [6.07, 6.45) is 1.37. The quantitative estimate of drug-likeness (QED) is 0.251. The minimum absolute atomic E-state index is 0.153. The number of benzene rings is 3. The topological polar surface area (TPSA) is 75.7 Å². The second-order valence-electron chi connectivity index (χ2n) is 7.10. The first-order valence-corrected chi connectivity index (χ1v) is 12.1. The Morgan fingerprint density at radius 2 is 1.62 bits per heavy atom. The zero-order chi connectivity index (χ0) is 24.4. The van der Waals surface area contributed by atoms with Crippen molar-refractivity contribution in [2.24, 2.45) is 0 Å². The van der Waals surface area contributed by atoms with Gasteiger partial charge in [-0.05, 0) is 52.3 Å². The number of barbiturate groups is 1. The molecule has 6 nitrogen and oxygen atoms in total. The zero-order valence-electron chi connectivity index (χ0n) is 17.2. The van der Waals surface area contributed by atoms with Gasteiger partial charge in [-0.2, -0.15) is 0 Å². The Kier molecular flexibility index (Phi) is 7.42. The van der Waals surface area contributed by atoms with E-state index in [9.17, 15) is 14.4 Å². The van der Waals surface area contributed by atoms with Crippen LogP contribution in [0.5, 0.6) is 5.75 Å². The van der Waals surface area contributed by atoms with Gasteiger partial charge >= 0.3 is 6.03 Å². The Bertz CT molecular complexity index is 1360. The van der Waals surface area contributed by atoms with E-state index < -0.39 is 17.8 Å². The molecule has 3 aromatic rings. The number of hydrogen-bond acceptors (Lipinski definition) is 4. The van der Waals surface area contributed by atoms with Crippen LogP contribution in [0.3, 0.4) is 0 Å².